The Balaban J connectivity index is 1.87. The van der Waals surface area contributed by atoms with Crippen LogP contribution in [0.3, 0.4) is 0 Å². The molecular weight excluding hydrogens is 478 g/mol. The maximum Gasteiger partial charge on any atom is 0.231 e. The maximum atomic E-state index is 14.2. The Bertz CT molecular complexity index is 1070. The van der Waals surface area contributed by atoms with E-state index in [9.17, 15) is 14.7 Å². The summed E-state index contributed by atoms with van der Waals surface area (Å²) in [5.74, 6) is -0.711. The van der Waals surface area contributed by atoms with Crippen LogP contribution in [0.25, 0.3) is 0 Å². The average Bonchev–Trinajstić information content (AvgIpc) is 2.91. The molecule has 4 N–H and O–H groups in total. The van der Waals surface area contributed by atoms with E-state index in [1.165, 1.54) is 0 Å². The molecule has 0 aliphatic heterocycles. The zero-order chi connectivity index (χ0) is 27.6. The number of nitrogens with zero attached hydrogens (tertiary/aromatic N) is 3. The van der Waals surface area contributed by atoms with Crippen molar-refractivity contribution in [3.05, 3.63) is 71.8 Å². The molecule has 1 aliphatic carbocycles. The van der Waals surface area contributed by atoms with E-state index in [1.807, 2.05) is 62.1 Å². The first-order valence-electron chi connectivity index (χ1n) is 13.8. The Hall–Kier alpha value is -3.10. The quantitative estimate of drug-likeness (QED) is 0.259. The number of nitrogens with one attached hydrogen (secondary N) is 1. The molecule has 1 aromatic carbocycles. The molecule has 0 saturated heterocycles. The Morgan fingerprint density at radius 3 is 2.45 bits per heavy atom. The van der Waals surface area contributed by atoms with E-state index in [0.29, 0.717) is 45.4 Å². The third kappa shape index (κ3) is 6.66. The number of aryl methyl sites for hydroxylation is 1. The number of aliphatic hydroxyl groups excluding tert-OH is 1. The normalized spacial score (nSPS) is 22.8. The lowest BCUT2D eigenvalue weighted by atomic mass is 9.58. The number of rotatable bonds is 14. The monoisotopic (exact) mass is 521 g/mol. The topological polar surface area (TPSA) is 121 Å². The van der Waals surface area contributed by atoms with Crippen LogP contribution in [0.1, 0.15) is 62.9 Å². The zero-order valence-electron chi connectivity index (χ0n) is 23.0. The number of aliphatic hydroxyl groups is 1. The van der Waals surface area contributed by atoms with Crippen molar-refractivity contribution in [1.82, 2.24) is 20.2 Å². The second kappa shape index (κ2) is 13.6. The molecule has 2 aromatic rings. The Labute approximate surface area is 226 Å². The Kier molecular flexibility index (Phi) is 10.6. The van der Waals surface area contributed by atoms with E-state index in [1.54, 1.807) is 18.5 Å². The smallest absolute Gasteiger partial charge is 0.231 e. The predicted octanol–water partition coefficient (Wildman–Crippen LogP) is 3.33. The summed E-state index contributed by atoms with van der Waals surface area (Å²) in [5, 5.41) is 15.4. The highest BCUT2D eigenvalue weighted by Gasteiger charge is 2.58. The Morgan fingerprint density at radius 1 is 1.13 bits per heavy atom. The van der Waals surface area contributed by atoms with Gasteiger partial charge < -0.3 is 21.1 Å². The molecule has 206 valence electrons. The second-order valence-corrected chi connectivity index (χ2v) is 10.5. The van der Waals surface area contributed by atoms with Gasteiger partial charge in [-0.1, -0.05) is 56.3 Å². The van der Waals surface area contributed by atoms with Crippen LogP contribution in [0, 0.1) is 17.8 Å². The van der Waals surface area contributed by atoms with Crippen molar-refractivity contribution in [2.45, 2.75) is 71.9 Å². The molecule has 0 radical (unpaired) electrons. The Morgan fingerprint density at radius 2 is 1.84 bits per heavy atom. The van der Waals surface area contributed by atoms with Gasteiger partial charge in [-0.05, 0) is 57.6 Å². The summed E-state index contributed by atoms with van der Waals surface area (Å²) >= 11 is 0. The van der Waals surface area contributed by atoms with Crippen molar-refractivity contribution in [2.75, 3.05) is 19.6 Å². The number of hydrogen-bond acceptors (Lipinski definition) is 6. The minimum absolute atomic E-state index is 0.0962. The van der Waals surface area contributed by atoms with Crippen LogP contribution in [-0.2, 0) is 22.6 Å². The molecular formula is C30H43N5O3. The summed E-state index contributed by atoms with van der Waals surface area (Å²) in [4.78, 5) is 37.8. The van der Waals surface area contributed by atoms with Gasteiger partial charge in [0.1, 0.15) is 0 Å². The van der Waals surface area contributed by atoms with Crippen molar-refractivity contribution in [2.24, 2.45) is 16.6 Å². The van der Waals surface area contributed by atoms with Gasteiger partial charge in [0.15, 0.2) is 0 Å². The van der Waals surface area contributed by atoms with Gasteiger partial charge >= 0.3 is 0 Å². The highest BCUT2D eigenvalue weighted by atomic mass is 16.3. The minimum Gasteiger partial charge on any atom is -0.391 e. The van der Waals surface area contributed by atoms with Crippen molar-refractivity contribution in [1.29, 1.82) is 0 Å². The number of hydrogen-bond donors (Lipinski definition) is 3. The number of aromatic nitrogens is 2. The number of carbonyl (C=O) groups excluding carboxylic acids is 2. The van der Waals surface area contributed by atoms with E-state index < -0.39 is 22.8 Å². The number of carbonyl (C=O) groups is 2. The number of benzene rings is 1. The van der Waals surface area contributed by atoms with Crippen LogP contribution in [0.5, 0.6) is 0 Å². The van der Waals surface area contributed by atoms with Crippen molar-refractivity contribution in [3.8, 4) is 0 Å². The van der Waals surface area contributed by atoms with Gasteiger partial charge in [-0.25, -0.2) is 0 Å². The first-order chi connectivity index (χ1) is 18.3. The lowest BCUT2D eigenvalue weighted by Gasteiger charge is -2.49. The third-order valence-electron chi connectivity index (χ3n) is 7.52. The molecule has 0 saturated carbocycles. The molecule has 0 spiro atoms. The summed E-state index contributed by atoms with van der Waals surface area (Å²) in [6, 6.07) is 9.54. The van der Waals surface area contributed by atoms with E-state index in [4.69, 9.17) is 5.73 Å². The molecule has 2 amide bonds. The van der Waals surface area contributed by atoms with Gasteiger partial charge in [0.05, 0.1) is 28.3 Å². The van der Waals surface area contributed by atoms with Crippen LogP contribution >= 0.6 is 0 Å². The van der Waals surface area contributed by atoms with Crippen molar-refractivity contribution >= 4 is 11.8 Å². The first kappa shape index (κ1) is 29.5. The third-order valence-corrected chi connectivity index (χ3v) is 7.52. The summed E-state index contributed by atoms with van der Waals surface area (Å²) in [5.41, 5.74) is 6.09. The molecule has 8 heteroatoms. The van der Waals surface area contributed by atoms with Gasteiger partial charge in [-0.15, -0.1) is 0 Å². The molecule has 38 heavy (non-hydrogen) atoms. The van der Waals surface area contributed by atoms with Crippen molar-refractivity contribution in [3.63, 3.8) is 0 Å². The van der Waals surface area contributed by atoms with E-state index in [0.717, 1.165) is 29.8 Å². The summed E-state index contributed by atoms with van der Waals surface area (Å²) < 4.78 is 0. The highest BCUT2D eigenvalue weighted by Crippen LogP contribution is 2.48. The molecule has 1 aliphatic rings. The van der Waals surface area contributed by atoms with Crippen LogP contribution in [0.15, 0.2) is 54.9 Å². The molecule has 0 fully saturated rings. The molecule has 0 bridgehead atoms. The number of allylic oxidation sites excluding steroid dienone is 1. The lowest BCUT2D eigenvalue weighted by molar-refractivity contribution is -0.162. The van der Waals surface area contributed by atoms with E-state index in [-0.39, 0.29) is 12.3 Å². The van der Waals surface area contributed by atoms with Crippen LogP contribution < -0.4 is 11.1 Å². The van der Waals surface area contributed by atoms with Gasteiger partial charge in [0, 0.05) is 32.0 Å². The maximum absolute atomic E-state index is 14.2. The van der Waals surface area contributed by atoms with Crippen LogP contribution in [-0.4, -0.2) is 57.5 Å². The second-order valence-electron chi connectivity index (χ2n) is 10.5. The largest absolute Gasteiger partial charge is 0.391 e. The molecule has 3 atom stereocenters. The summed E-state index contributed by atoms with van der Waals surface area (Å²) in [6.45, 7) is 8.39. The van der Waals surface area contributed by atoms with Crippen LogP contribution in [0.2, 0.25) is 0 Å². The van der Waals surface area contributed by atoms with Gasteiger partial charge in [0.2, 0.25) is 11.8 Å². The number of primary amides is 1. The predicted molar refractivity (Wildman–Crippen MR) is 149 cm³/mol. The summed E-state index contributed by atoms with van der Waals surface area (Å²) in [7, 11) is 0. The molecule has 1 aromatic heterocycles. The van der Waals surface area contributed by atoms with Crippen LogP contribution in [0.4, 0.5) is 0 Å². The molecule has 8 nitrogen and oxygen atoms in total. The van der Waals surface area contributed by atoms with E-state index in [2.05, 4.69) is 15.3 Å². The van der Waals surface area contributed by atoms with Gasteiger partial charge in [0.25, 0.3) is 0 Å². The fourth-order valence-electron chi connectivity index (χ4n) is 5.54. The average molecular weight is 522 g/mol. The number of nitrogens with two attached hydrogens (primary N) is 1. The number of amides is 2. The lowest BCUT2D eigenvalue weighted by Crippen LogP contribution is -2.61. The zero-order valence-corrected chi connectivity index (χ0v) is 23.0. The summed E-state index contributed by atoms with van der Waals surface area (Å²) in [6.07, 6.45) is 9.16. The fraction of sp³-hybridized carbons (Fsp3) is 0.533. The minimum atomic E-state index is -1.37. The SMILES string of the molecule is CCCN(CCC)C(=O)C1(CCCNCc2cnc(C)cn2)CC=C[C@](Cc2ccccc2)(C(N)=O)[C@@H]1O. The fourth-order valence-corrected chi connectivity index (χ4v) is 5.54. The molecule has 1 heterocycles. The van der Waals surface area contributed by atoms with E-state index >= 15 is 0 Å². The van der Waals surface area contributed by atoms with Crippen molar-refractivity contribution < 1.29 is 14.7 Å². The highest BCUT2D eigenvalue weighted by molar-refractivity contribution is 5.89. The first-order valence-corrected chi connectivity index (χ1v) is 13.8. The standard InChI is InChI=1S/C30H43N5O3/c1-4-17-35(18-5-2)28(38)29(15-10-16-32-21-25-22-33-23(3)20-34-25)13-9-14-30(26(29)36,27(31)37)19-24-11-7-6-8-12-24/h6-9,11-12,14,20,22,26,32,36H,4-5,10,13,15-19,21H2,1-3H3,(H2,31,37)/t26-,29?,30-/m1/s1. The molecule has 1 unspecified atom stereocenters. The molecule has 3 rings (SSSR count). The van der Waals surface area contributed by atoms with Gasteiger partial charge in [-0.2, -0.15) is 0 Å². The van der Waals surface area contributed by atoms with Gasteiger partial charge in [-0.3, -0.25) is 19.6 Å².